The van der Waals surface area contributed by atoms with Crippen LogP contribution in [0.15, 0.2) is 24.3 Å². The molecule has 0 bridgehead atoms. The molecule has 8 heteroatoms. The van der Waals surface area contributed by atoms with Gasteiger partial charge in [0, 0.05) is 18.2 Å². The molecule has 7 nitrogen and oxygen atoms in total. The van der Waals surface area contributed by atoms with E-state index in [2.05, 4.69) is 14.9 Å². The predicted octanol–water partition coefficient (Wildman–Crippen LogP) is 2.10. The second-order valence-corrected chi connectivity index (χ2v) is 5.41. The number of nitrogens with one attached hydrogen (secondary N) is 1. The molecule has 0 unspecified atom stereocenters. The Bertz CT molecular complexity index is 725. The normalized spacial score (nSPS) is 10.2. The quantitative estimate of drug-likeness (QED) is 0.642. The van der Waals surface area contributed by atoms with Gasteiger partial charge in [0.05, 0.1) is 5.69 Å². The first-order chi connectivity index (χ1) is 11.0. The number of carbonyl (C=O) groups excluding carboxylic acids is 3. The minimum Gasteiger partial charge on any atom is -0.453 e. The van der Waals surface area contributed by atoms with E-state index in [1.807, 2.05) is 6.92 Å². The summed E-state index contributed by atoms with van der Waals surface area (Å²) in [4.78, 5) is 35.2. The molecule has 0 aliphatic rings. The molecule has 0 aliphatic carbocycles. The SMILES string of the molecule is CCc1nnsc1C(=O)OCC(=O)c1ccc(NC(C)=O)cc1. The Hall–Kier alpha value is -2.61. The first-order valence-corrected chi connectivity index (χ1v) is 7.67. The smallest absolute Gasteiger partial charge is 0.352 e. The van der Waals surface area contributed by atoms with Crippen LogP contribution in [0.4, 0.5) is 5.69 Å². The third-order valence-corrected chi connectivity index (χ3v) is 3.69. The number of carbonyl (C=O) groups is 3. The van der Waals surface area contributed by atoms with Gasteiger partial charge in [-0.15, -0.1) is 5.10 Å². The van der Waals surface area contributed by atoms with Crippen LogP contribution in [0.25, 0.3) is 0 Å². The van der Waals surface area contributed by atoms with Crippen molar-refractivity contribution < 1.29 is 19.1 Å². The minimum atomic E-state index is -0.597. The molecule has 0 radical (unpaired) electrons. The van der Waals surface area contributed by atoms with E-state index in [9.17, 15) is 14.4 Å². The van der Waals surface area contributed by atoms with E-state index in [1.54, 1.807) is 24.3 Å². The molecule has 1 amide bonds. The van der Waals surface area contributed by atoms with E-state index in [-0.39, 0.29) is 18.3 Å². The molecule has 120 valence electrons. The second-order valence-electron chi connectivity index (χ2n) is 4.66. The molecule has 2 aromatic rings. The maximum atomic E-state index is 12.0. The minimum absolute atomic E-state index is 0.192. The van der Waals surface area contributed by atoms with E-state index >= 15 is 0 Å². The van der Waals surface area contributed by atoms with Gasteiger partial charge in [0.1, 0.15) is 0 Å². The summed E-state index contributed by atoms with van der Waals surface area (Å²) in [5, 5.41) is 6.43. The van der Waals surface area contributed by atoms with Crippen LogP contribution in [-0.2, 0) is 16.0 Å². The Balaban J connectivity index is 1.94. The zero-order valence-corrected chi connectivity index (χ0v) is 13.5. The van der Waals surface area contributed by atoms with Gasteiger partial charge in [0.15, 0.2) is 17.3 Å². The van der Waals surface area contributed by atoms with Gasteiger partial charge in [0.2, 0.25) is 5.91 Å². The van der Waals surface area contributed by atoms with Crippen molar-refractivity contribution in [1.29, 1.82) is 0 Å². The Kier molecular flexibility index (Phi) is 5.53. The molecule has 1 aromatic carbocycles. The molecule has 0 saturated carbocycles. The zero-order valence-electron chi connectivity index (χ0n) is 12.7. The van der Waals surface area contributed by atoms with E-state index in [4.69, 9.17) is 4.74 Å². The molecule has 0 atom stereocenters. The van der Waals surface area contributed by atoms with E-state index in [0.717, 1.165) is 11.5 Å². The predicted molar refractivity (Wildman–Crippen MR) is 84.6 cm³/mol. The molecule has 0 fully saturated rings. The summed E-state index contributed by atoms with van der Waals surface area (Å²) in [5.41, 5.74) is 1.55. The van der Waals surface area contributed by atoms with Gasteiger partial charge >= 0.3 is 5.97 Å². The number of Topliss-reactive ketones (excluding diaryl/α,β-unsaturated/α-hetero) is 1. The number of benzene rings is 1. The summed E-state index contributed by atoms with van der Waals surface area (Å²) >= 11 is 0.950. The van der Waals surface area contributed by atoms with Crippen molar-refractivity contribution >= 4 is 34.9 Å². The first kappa shape index (κ1) is 16.8. The van der Waals surface area contributed by atoms with Crippen LogP contribution in [0.3, 0.4) is 0 Å². The van der Waals surface area contributed by atoms with Gasteiger partial charge in [-0.3, -0.25) is 9.59 Å². The van der Waals surface area contributed by atoms with Gasteiger partial charge in [-0.25, -0.2) is 4.79 Å². The van der Waals surface area contributed by atoms with E-state index < -0.39 is 5.97 Å². The molecule has 23 heavy (non-hydrogen) atoms. The van der Waals surface area contributed by atoms with Crippen molar-refractivity contribution in [2.45, 2.75) is 20.3 Å². The van der Waals surface area contributed by atoms with Crippen LogP contribution in [-0.4, -0.2) is 33.9 Å². The number of hydrogen-bond acceptors (Lipinski definition) is 7. The van der Waals surface area contributed by atoms with E-state index in [1.165, 1.54) is 6.92 Å². The van der Waals surface area contributed by atoms with Crippen LogP contribution in [0, 0.1) is 0 Å². The molecule has 1 N–H and O–H groups in total. The standard InChI is InChI=1S/C15H15N3O4S/c1-3-12-14(23-18-17-12)15(21)22-8-13(20)10-4-6-11(7-5-10)16-9(2)19/h4-7H,3,8H2,1-2H3,(H,16,19). The average Bonchev–Trinajstić information content (AvgIpc) is 3.01. The molecular formula is C15H15N3O4S. The Labute approximate surface area is 136 Å². The number of aromatic nitrogens is 2. The Morgan fingerprint density at radius 2 is 1.91 bits per heavy atom. The zero-order chi connectivity index (χ0) is 16.8. The van der Waals surface area contributed by atoms with Gasteiger partial charge in [0.25, 0.3) is 0 Å². The summed E-state index contributed by atoms with van der Waals surface area (Å²) in [6.07, 6.45) is 0.569. The average molecular weight is 333 g/mol. The largest absolute Gasteiger partial charge is 0.453 e. The summed E-state index contributed by atoms with van der Waals surface area (Å²) < 4.78 is 8.72. The number of ketones is 1. The number of rotatable bonds is 6. The third kappa shape index (κ3) is 4.43. The second kappa shape index (κ2) is 7.59. The fourth-order valence-corrected chi connectivity index (χ4v) is 2.46. The van der Waals surface area contributed by atoms with Gasteiger partial charge < -0.3 is 10.1 Å². The summed E-state index contributed by atoms with van der Waals surface area (Å²) in [6.45, 7) is 2.89. The van der Waals surface area contributed by atoms with Gasteiger partial charge in [-0.05, 0) is 42.2 Å². The van der Waals surface area contributed by atoms with Crippen LogP contribution < -0.4 is 5.32 Å². The van der Waals surface area contributed by atoms with Crippen LogP contribution in [0.1, 0.15) is 39.6 Å². The number of esters is 1. The Morgan fingerprint density at radius 3 is 2.52 bits per heavy atom. The van der Waals surface area contributed by atoms with Gasteiger partial charge in [-0.1, -0.05) is 11.4 Å². The lowest BCUT2D eigenvalue weighted by atomic mass is 10.1. The highest BCUT2D eigenvalue weighted by Crippen LogP contribution is 2.14. The molecule has 2 rings (SSSR count). The monoisotopic (exact) mass is 333 g/mol. The highest BCUT2D eigenvalue weighted by atomic mass is 32.1. The third-order valence-electron chi connectivity index (χ3n) is 2.94. The maximum Gasteiger partial charge on any atom is 0.352 e. The van der Waals surface area contributed by atoms with Crippen LogP contribution in [0.2, 0.25) is 0 Å². The van der Waals surface area contributed by atoms with Gasteiger partial charge in [-0.2, -0.15) is 0 Å². The number of anilines is 1. The summed E-state index contributed by atoms with van der Waals surface area (Å²) in [6, 6.07) is 6.35. The number of nitrogens with zero attached hydrogens (tertiary/aromatic N) is 2. The van der Waals surface area contributed by atoms with Crippen molar-refractivity contribution in [2.24, 2.45) is 0 Å². The first-order valence-electron chi connectivity index (χ1n) is 6.90. The Morgan fingerprint density at radius 1 is 1.22 bits per heavy atom. The molecule has 0 saturated heterocycles. The molecule has 1 aromatic heterocycles. The number of aryl methyl sites for hydroxylation is 1. The van der Waals surface area contributed by atoms with Crippen molar-refractivity contribution in [3.63, 3.8) is 0 Å². The summed E-state index contributed by atoms with van der Waals surface area (Å²) in [5.74, 6) is -1.12. The molecule has 0 spiro atoms. The van der Waals surface area contributed by atoms with Crippen molar-refractivity contribution in [3.8, 4) is 0 Å². The van der Waals surface area contributed by atoms with E-state index in [0.29, 0.717) is 28.2 Å². The lowest BCUT2D eigenvalue weighted by molar-refractivity contribution is -0.114. The summed E-state index contributed by atoms with van der Waals surface area (Å²) in [7, 11) is 0. The van der Waals surface area contributed by atoms with Crippen molar-refractivity contribution in [1.82, 2.24) is 9.59 Å². The number of hydrogen-bond donors (Lipinski definition) is 1. The van der Waals surface area contributed by atoms with Crippen LogP contribution in [0.5, 0.6) is 0 Å². The number of amides is 1. The molecule has 1 heterocycles. The van der Waals surface area contributed by atoms with Crippen molar-refractivity contribution in [3.05, 3.63) is 40.4 Å². The molecule has 0 aliphatic heterocycles. The van der Waals surface area contributed by atoms with Crippen LogP contribution >= 0.6 is 11.5 Å². The fourth-order valence-electron chi connectivity index (χ4n) is 1.82. The lowest BCUT2D eigenvalue weighted by Crippen LogP contribution is -2.14. The molecular weight excluding hydrogens is 318 g/mol. The number of ether oxygens (including phenoxy) is 1. The highest BCUT2D eigenvalue weighted by Gasteiger charge is 2.18. The lowest BCUT2D eigenvalue weighted by Gasteiger charge is -2.05. The van der Waals surface area contributed by atoms with Crippen molar-refractivity contribution in [2.75, 3.05) is 11.9 Å². The highest BCUT2D eigenvalue weighted by molar-refractivity contribution is 7.07. The maximum absolute atomic E-state index is 12.0. The fraction of sp³-hybridized carbons (Fsp3) is 0.267. The topological polar surface area (TPSA) is 98.2 Å².